The fraction of sp³-hybridized carbons (Fsp3) is 0.321. The van der Waals surface area contributed by atoms with Gasteiger partial charge < -0.3 is 4.74 Å². The van der Waals surface area contributed by atoms with E-state index in [4.69, 9.17) is 20.5 Å². The number of hydrogen-bond acceptors (Lipinski definition) is 5. The quantitative estimate of drug-likeness (QED) is 0.317. The molecule has 8 heteroatoms. The first kappa shape index (κ1) is 26.2. The predicted octanol–water partition coefficient (Wildman–Crippen LogP) is 7.08. The van der Waals surface area contributed by atoms with Crippen LogP contribution in [0.1, 0.15) is 31.2 Å². The molecule has 0 saturated heterocycles. The third kappa shape index (κ3) is 7.32. The second kappa shape index (κ2) is 11.9. The third-order valence-corrected chi connectivity index (χ3v) is 8.04. The summed E-state index contributed by atoms with van der Waals surface area (Å²) < 4.78 is 35.5. The van der Waals surface area contributed by atoms with Crippen molar-refractivity contribution in [3.8, 4) is 11.1 Å². The number of aryl methyl sites for hydroxylation is 1. The summed E-state index contributed by atoms with van der Waals surface area (Å²) >= 11 is 5.94. The summed E-state index contributed by atoms with van der Waals surface area (Å²) in [4.78, 5) is 12.4. The SMILES string of the molecule is Cc1ccc(S(=O)(=O)OCC2CCC(COC(=O)Nc3ccc(-c4ccc(Cl)cc4)cc3)CC2)cc1. The first-order valence-corrected chi connectivity index (χ1v) is 13.8. The fourth-order valence-corrected chi connectivity index (χ4v) is 5.36. The van der Waals surface area contributed by atoms with Gasteiger partial charge in [0, 0.05) is 10.7 Å². The first-order valence-electron chi connectivity index (χ1n) is 12.0. The summed E-state index contributed by atoms with van der Waals surface area (Å²) in [7, 11) is -3.74. The monoisotopic (exact) mass is 527 g/mol. The Morgan fingerprint density at radius 3 is 1.94 bits per heavy atom. The van der Waals surface area contributed by atoms with Crippen molar-refractivity contribution in [2.75, 3.05) is 18.5 Å². The van der Waals surface area contributed by atoms with Crippen molar-refractivity contribution in [1.82, 2.24) is 0 Å². The average Bonchev–Trinajstić information content (AvgIpc) is 2.88. The lowest BCUT2D eigenvalue weighted by Gasteiger charge is -2.27. The summed E-state index contributed by atoms with van der Waals surface area (Å²) in [6.07, 6.45) is 2.92. The number of benzene rings is 3. The number of hydrogen-bond donors (Lipinski definition) is 1. The van der Waals surface area contributed by atoms with Gasteiger partial charge in [-0.25, -0.2) is 4.79 Å². The smallest absolute Gasteiger partial charge is 0.411 e. The Bertz CT molecular complexity index is 1250. The van der Waals surface area contributed by atoms with Gasteiger partial charge >= 0.3 is 6.09 Å². The molecule has 1 aliphatic carbocycles. The average molecular weight is 528 g/mol. The van der Waals surface area contributed by atoms with Crippen molar-refractivity contribution in [3.63, 3.8) is 0 Å². The van der Waals surface area contributed by atoms with Crippen molar-refractivity contribution in [3.05, 3.63) is 83.4 Å². The number of amides is 1. The molecule has 0 radical (unpaired) electrons. The Labute approximate surface area is 217 Å². The lowest BCUT2D eigenvalue weighted by atomic mass is 9.83. The minimum Gasteiger partial charge on any atom is -0.449 e. The van der Waals surface area contributed by atoms with Gasteiger partial charge in [0.15, 0.2) is 0 Å². The Morgan fingerprint density at radius 1 is 0.833 bits per heavy atom. The Balaban J connectivity index is 1.16. The predicted molar refractivity (Wildman–Crippen MR) is 142 cm³/mol. The van der Waals surface area contributed by atoms with Gasteiger partial charge in [-0.2, -0.15) is 8.42 Å². The molecule has 0 aliphatic heterocycles. The molecule has 0 bridgehead atoms. The van der Waals surface area contributed by atoms with Crippen molar-refractivity contribution < 1.29 is 22.1 Å². The van der Waals surface area contributed by atoms with E-state index in [0.717, 1.165) is 42.4 Å². The molecule has 1 amide bonds. The highest BCUT2D eigenvalue weighted by molar-refractivity contribution is 7.86. The summed E-state index contributed by atoms with van der Waals surface area (Å²) in [6.45, 7) is 2.42. The van der Waals surface area contributed by atoms with Gasteiger partial charge in [-0.15, -0.1) is 0 Å². The molecule has 1 aliphatic rings. The van der Waals surface area contributed by atoms with E-state index in [1.54, 1.807) is 24.3 Å². The zero-order valence-corrected chi connectivity index (χ0v) is 21.7. The highest BCUT2D eigenvalue weighted by Gasteiger charge is 2.25. The molecule has 6 nitrogen and oxygen atoms in total. The number of carbonyl (C=O) groups is 1. The molecule has 0 heterocycles. The van der Waals surface area contributed by atoms with Crippen molar-refractivity contribution in [2.24, 2.45) is 11.8 Å². The van der Waals surface area contributed by atoms with Crippen LogP contribution in [0.25, 0.3) is 11.1 Å². The lowest BCUT2D eigenvalue weighted by Crippen LogP contribution is -2.25. The van der Waals surface area contributed by atoms with Gasteiger partial charge in [0.25, 0.3) is 10.1 Å². The van der Waals surface area contributed by atoms with Gasteiger partial charge in [-0.1, -0.05) is 53.6 Å². The van der Waals surface area contributed by atoms with Gasteiger partial charge in [0.1, 0.15) is 0 Å². The van der Waals surface area contributed by atoms with E-state index in [1.807, 2.05) is 55.5 Å². The van der Waals surface area contributed by atoms with Crippen LogP contribution in [0.15, 0.2) is 77.7 Å². The molecule has 1 saturated carbocycles. The van der Waals surface area contributed by atoms with Crippen LogP contribution in [-0.2, 0) is 19.0 Å². The number of carbonyl (C=O) groups excluding carboxylic acids is 1. The second-order valence-corrected chi connectivity index (χ2v) is 11.3. The van der Waals surface area contributed by atoms with E-state index >= 15 is 0 Å². The van der Waals surface area contributed by atoms with Gasteiger partial charge in [-0.3, -0.25) is 9.50 Å². The van der Waals surface area contributed by atoms with Crippen LogP contribution in [0, 0.1) is 18.8 Å². The van der Waals surface area contributed by atoms with Crippen LogP contribution in [0.4, 0.5) is 10.5 Å². The number of anilines is 1. The van der Waals surface area contributed by atoms with Crippen LogP contribution >= 0.6 is 11.6 Å². The number of rotatable bonds is 8. The normalized spacial score (nSPS) is 17.9. The largest absolute Gasteiger partial charge is 0.449 e. The third-order valence-electron chi connectivity index (χ3n) is 6.49. The van der Waals surface area contributed by atoms with Crippen LogP contribution in [0.5, 0.6) is 0 Å². The highest BCUT2D eigenvalue weighted by atomic mass is 35.5. The highest BCUT2D eigenvalue weighted by Crippen LogP contribution is 2.30. The minimum absolute atomic E-state index is 0.175. The molecule has 1 N–H and O–H groups in total. The number of nitrogens with one attached hydrogen (secondary N) is 1. The van der Waals surface area contributed by atoms with Crippen molar-refractivity contribution >= 4 is 33.5 Å². The summed E-state index contributed by atoms with van der Waals surface area (Å²) in [5.41, 5.74) is 3.73. The van der Waals surface area contributed by atoms with E-state index < -0.39 is 16.2 Å². The van der Waals surface area contributed by atoms with Crippen LogP contribution < -0.4 is 5.32 Å². The summed E-state index contributed by atoms with van der Waals surface area (Å²) in [6, 6.07) is 21.8. The van der Waals surface area contributed by atoms with E-state index in [9.17, 15) is 13.2 Å². The van der Waals surface area contributed by atoms with E-state index in [0.29, 0.717) is 17.3 Å². The molecule has 0 spiro atoms. The second-order valence-electron chi connectivity index (χ2n) is 9.25. The first-order chi connectivity index (χ1) is 17.3. The minimum atomic E-state index is -3.74. The van der Waals surface area contributed by atoms with E-state index in [2.05, 4.69) is 5.32 Å². The maximum absolute atomic E-state index is 12.4. The van der Waals surface area contributed by atoms with Crippen molar-refractivity contribution in [2.45, 2.75) is 37.5 Å². The topological polar surface area (TPSA) is 81.7 Å². The Hall–Kier alpha value is -2.87. The molecule has 4 rings (SSSR count). The zero-order valence-electron chi connectivity index (χ0n) is 20.2. The van der Waals surface area contributed by atoms with Gasteiger partial charge in [0.05, 0.1) is 18.1 Å². The summed E-state index contributed by atoms with van der Waals surface area (Å²) in [5, 5.41) is 3.45. The molecule has 1 fully saturated rings. The molecule has 0 aromatic heterocycles. The molecule has 36 heavy (non-hydrogen) atoms. The number of ether oxygens (including phenoxy) is 1. The molecule has 0 unspecified atom stereocenters. The Morgan fingerprint density at radius 2 is 1.36 bits per heavy atom. The summed E-state index contributed by atoms with van der Waals surface area (Å²) in [5.74, 6) is 0.433. The molecule has 3 aromatic rings. The van der Waals surface area contributed by atoms with E-state index in [1.165, 1.54) is 0 Å². The maximum Gasteiger partial charge on any atom is 0.411 e. The fourth-order valence-electron chi connectivity index (χ4n) is 4.26. The Kier molecular flexibility index (Phi) is 8.67. The van der Waals surface area contributed by atoms with Crippen LogP contribution in [-0.4, -0.2) is 27.7 Å². The lowest BCUT2D eigenvalue weighted by molar-refractivity contribution is 0.111. The van der Waals surface area contributed by atoms with Crippen LogP contribution in [0.2, 0.25) is 5.02 Å². The van der Waals surface area contributed by atoms with Gasteiger partial charge in [0.2, 0.25) is 0 Å². The molecule has 190 valence electrons. The standard InChI is InChI=1S/C28H30ClNO5S/c1-20-2-16-27(17-3-20)36(32,33)35-19-22-6-4-21(5-7-22)18-34-28(31)30-26-14-10-24(11-15-26)23-8-12-25(29)13-9-23/h2-3,8-17,21-22H,4-7,18-19H2,1H3,(H,30,31). The van der Waals surface area contributed by atoms with E-state index in [-0.39, 0.29) is 23.3 Å². The van der Waals surface area contributed by atoms with Crippen molar-refractivity contribution in [1.29, 1.82) is 0 Å². The number of halogens is 1. The molecular formula is C28H30ClNO5S. The zero-order chi connectivity index (χ0) is 25.5. The molecular weight excluding hydrogens is 498 g/mol. The molecule has 3 aromatic carbocycles. The maximum atomic E-state index is 12.4. The molecule has 0 atom stereocenters. The van der Waals surface area contributed by atoms with Gasteiger partial charge in [-0.05, 0) is 92.0 Å². The van der Waals surface area contributed by atoms with Crippen LogP contribution in [0.3, 0.4) is 0 Å².